The summed E-state index contributed by atoms with van der Waals surface area (Å²) < 4.78 is 22.3. The van der Waals surface area contributed by atoms with E-state index in [1.807, 2.05) is 31.2 Å². The number of nitrogens with one attached hydrogen (secondary N) is 1. The third kappa shape index (κ3) is 9.69. The molecule has 4 rings (SSSR count). The lowest BCUT2D eigenvalue weighted by atomic mass is 10.1. The molecule has 3 unspecified atom stereocenters. The van der Waals surface area contributed by atoms with Crippen LogP contribution in [0.2, 0.25) is 0 Å². The van der Waals surface area contributed by atoms with Crippen molar-refractivity contribution >= 4 is 70.4 Å². The second-order valence-corrected chi connectivity index (χ2v) is 17.1. The Labute approximate surface area is 277 Å². The molecule has 1 saturated heterocycles. The number of aromatic nitrogens is 1. The summed E-state index contributed by atoms with van der Waals surface area (Å²) in [4.78, 5) is 65.5. The van der Waals surface area contributed by atoms with Crippen LogP contribution in [0.3, 0.4) is 0 Å². The largest absolute Gasteiger partial charge is 0.477 e. The Morgan fingerprint density at radius 3 is 2.38 bits per heavy atom. The smallest absolute Gasteiger partial charge is 0.410 e. The number of anilines is 2. The monoisotopic (exact) mass is 705 g/mol. The second kappa shape index (κ2) is 17.0. The molecule has 1 aliphatic rings. The van der Waals surface area contributed by atoms with Crippen molar-refractivity contribution in [2.45, 2.75) is 39.3 Å². The van der Waals surface area contributed by atoms with Gasteiger partial charge in [-0.3, -0.25) is 14.4 Å². The van der Waals surface area contributed by atoms with E-state index in [9.17, 15) is 29.1 Å². The fraction of sp³-hybridized carbons (Fsp3) is 0.387. The number of amides is 2. The van der Waals surface area contributed by atoms with Crippen LogP contribution in [0, 0.1) is 5.82 Å². The van der Waals surface area contributed by atoms with Crippen LogP contribution in [0.5, 0.6) is 0 Å². The Morgan fingerprint density at radius 1 is 1.04 bits per heavy atom. The van der Waals surface area contributed by atoms with E-state index in [4.69, 9.17) is 4.74 Å². The molecule has 3 atom stereocenters. The van der Waals surface area contributed by atoms with Crippen molar-refractivity contribution in [2.24, 2.45) is 0 Å². The molecule has 0 radical (unpaired) electrons. The first-order valence-electron chi connectivity index (χ1n) is 15.1. The van der Waals surface area contributed by atoms with Crippen LogP contribution in [0.1, 0.15) is 42.1 Å². The lowest BCUT2D eigenvalue weighted by Crippen LogP contribution is -2.49. The highest BCUT2D eigenvalue weighted by atomic mass is 32.4. The molecule has 0 bridgehead atoms. The molecule has 2 aromatic carbocycles. The van der Waals surface area contributed by atoms with Crippen LogP contribution < -0.4 is 15.4 Å². The molecule has 1 fully saturated rings. The molecule has 0 spiro atoms. The van der Waals surface area contributed by atoms with Crippen LogP contribution in [0.15, 0.2) is 47.4 Å². The number of hydrogen-bond donors (Lipinski definition) is 2. The van der Waals surface area contributed by atoms with Crippen LogP contribution in [0.25, 0.3) is 10.9 Å². The summed E-state index contributed by atoms with van der Waals surface area (Å²) in [7, 11) is 4.55. The van der Waals surface area contributed by atoms with Gasteiger partial charge in [0.1, 0.15) is 18.0 Å². The SMILES string of the molecule is CCn1cc(C(=O)O)c(=O)c2cc(F)c(N3CCN(C(=O)OCc4ccc(NPPPC(=O)CCCC(=O)N(C)C)cc4)CC3)cc21. The van der Waals surface area contributed by atoms with Gasteiger partial charge >= 0.3 is 12.1 Å². The van der Waals surface area contributed by atoms with Crippen LogP contribution in [-0.2, 0) is 27.5 Å². The normalized spacial score (nSPS) is 13.8. The first-order chi connectivity index (χ1) is 22.5. The molecule has 3 aromatic rings. The lowest BCUT2D eigenvalue weighted by Gasteiger charge is -2.35. The van der Waals surface area contributed by atoms with Gasteiger partial charge in [-0.15, -0.1) is 0 Å². The van der Waals surface area contributed by atoms with Gasteiger partial charge in [0.15, 0.2) is 5.52 Å². The van der Waals surface area contributed by atoms with Crippen molar-refractivity contribution in [3.63, 3.8) is 0 Å². The van der Waals surface area contributed by atoms with Crippen molar-refractivity contribution < 1.29 is 33.4 Å². The number of ether oxygens (including phenoxy) is 1. The van der Waals surface area contributed by atoms with Gasteiger partial charge in [-0.25, -0.2) is 14.0 Å². The van der Waals surface area contributed by atoms with Gasteiger partial charge in [-0.05, 0) is 67.8 Å². The Hall–Kier alpha value is -3.65. The van der Waals surface area contributed by atoms with E-state index in [1.165, 1.54) is 11.1 Å². The van der Waals surface area contributed by atoms with E-state index in [2.05, 4.69) is 5.09 Å². The van der Waals surface area contributed by atoms with E-state index >= 15 is 4.39 Å². The van der Waals surface area contributed by atoms with Gasteiger partial charge in [0.2, 0.25) is 11.3 Å². The zero-order valence-electron chi connectivity index (χ0n) is 26.5. The topological polar surface area (TPSA) is 141 Å². The molecule has 2 heterocycles. The minimum atomic E-state index is -1.36. The predicted molar refractivity (Wildman–Crippen MR) is 187 cm³/mol. The van der Waals surface area contributed by atoms with Crippen molar-refractivity contribution in [2.75, 3.05) is 50.3 Å². The maximum atomic E-state index is 15.2. The maximum Gasteiger partial charge on any atom is 0.410 e. The van der Waals surface area contributed by atoms with Gasteiger partial charge in [0.05, 0.1) is 11.2 Å². The molecule has 16 heteroatoms. The molecule has 1 aromatic heterocycles. The van der Waals surface area contributed by atoms with Gasteiger partial charge in [-0.1, -0.05) is 12.1 Å². The zero-order valence-corrected chi connectivity index (χ0v) is 29.5. The molecular weight excluding hydrogens is 666 g/mol. The van der Waals surface area contributed by atoms with E-state index in [1.54, 1.807) is 34.5 Å². The summed E-state index contributed by atoms with van der Waals surface area (Å²) in [5, 5.41) is 12.7. The predicted octanol–water partition coefficient (Wildman–Crippen LogP) is 5.30. The number of aromatic carboxylic acids is 1. The number of fused-ring (bicyclic) bond motifs is 1. The molecule has 2 N–H and O–H groups in total. The third-order valence-electron chi connectivity index (χ3n) is 7.68. The summed E-state index contributed by atoms with van der Waals surface area (Å²) >= 11 is 0. The van der Waals surface area contributed by atoms with Crippen molar-refractivity contribution in [1.29, 1.82) is 0 Å². The average molecular weight is 706 g/mol. The van der Waals surface area contributed by atoms with Gasteiger partial charge in [0.25, 0.3) is 0 Å². The zero-order chi connectivity index (χ0) is 34.1. The summed E-state index contributed by atoms with van der Waals surface area (Å²) in [5.41, 5.74) is 1.53. The second-order valence-electron chi connectivity index (χ2n) is 11.1. The number of carboxylic acid groups (broad SMARTS) is 1. The fourth-order valence-electron chi connectivity index (χ4n) is 5.00. The number of hydrogen-bond acceptors (Lipinski definition) is 8. The number of benzene rings is 2. The number of piperazine rings is 1. The Kier molecular flexibility index (Phi) is 13.1. The van der Waals surface area contributed by atoms with E-state index < -0.39 is 28.9 Å². The first-order valence-corrected chi connectivity index (χ1v) is 20.1. The number of nitrogens with zero attached hydrogens (tertiary/aromatic N) is 4. The summed E-state index contributed by atoms with van der Waals surface area (Å²) in [6.45, 7) is 3.64. The number of pyridine rings is 1. The number of carbonyl (C=O) groups is 4. The summed E-state index contributed by atoms with van der Waals surface area (Å²) in [5.74, 6) is -1.96. The van der Waals surface area contributed by atoms with E-state index in [0.29, 0.717) is 73.9 Å². The number of halogens is 1. The first kappa shape index (κ1) is 36.2. The summed E-state index contributed by atoms with van der Waals surface area (Å²) in [6, 6.07) is 10.2. The average Bonchev–Trinajstić information content (AvgIpc) is 3.06. The summed E-state index contributed by atoms with van der Waals surface area (Å²) in [6.07, 6.45) is 2.22. The molecule has 1 aliphatic heterocycles. The lowest BCUT2D eigenvalue weighted by molar-refractivity contribution is -0.128. The fourth-order valence-corrected chi connectivity index (χ4v) is 9.86. The quantitative estimate of drug-likeness (QED) is 0.169. The van der Waals surface area contributed by atoms with Gasteiger partial charge < -0.3 is 34.2 Å². The number of rotatable bonds is 14. The minimum absolute atomic E-state index is 0.00853. The number of carboxylic acids is 1. The Bertz CT molecular complexity index is 1680. The third-order valence-corrected chi connectivity index (χ3v) is 13.1. The molecule has 2 amide bonds. The van der Waals surface area contributed by atoms with Crippen LogP contribution in [-0.4, -0.2) is 83.2 Å². The molecule has 0 saturated carbocycles. The van der Waals surface area contributed by atoms with Gasteiger partial charge in [-0.2, -0.15) is 0 Å². The maximum absolute atomic E-state index is 15.2. The van der Waals surface area contributed by atoms with Crippen LogP contribution in [0.4, 0.5) is 20.6 Å². The molecule has 252 valence electrons. The van der Waals surface area contributed by atoms with Gasteiger partial charge in [0, 0.05) is 76.9 Å². The highest BCUT2D eigenvalue weighted by Crippen LogP contribution is 2.53. The highest BCUT2D eigenvalue weighted by molar-refractivity contribution is 8.47. The molecule has 47 heavy (non-hydrogen) atoms. The van der Waals surface area contributed by atoms with Crippen molar-refractivity contribution in [3.8, 4) is 0 Å². The standard InChI is InChI=1S/C31H39FN5O7P3/c1-4-35-18-23(30(41)42)29(40)22-16-24(32)26(17-25(22)35)36-12-14-37(15-13-36)31(43)44-19-20-8-10-21(11-9-20)33-46-47-45-28(39)7-5-6-27(38)34(2)3/h8-11,16-18,33,45-47H,4-7,12-15,19H2,1-3H3,(H,41,42). The van der Waals surface area contributed by atoms with Crippen molar-refractivity contribution in [3.05, 3.63) is 69.8 Å². The molecular formula is C31H39FN5O7P3. The number of carbonyl (C=O) groups excluding carboxylic acids is 3. The van der Waals surface area contributed by atoms with Crippen LogP contribution >= 0.6 is 24.6 Å². The Balaban J connectivity index is 1.21. The number of aryl methyl sites for hydroxylation is 1. The van der Waals surface area contributed by atoms with E-state index in [0.717, 1.165) is 17.3 Å². The highest BCUT2D eigenvalue weighted by Gasteiger charge is 2.25. The van der Waals surface area contributed by atoms with Crippen molar-refractivity contribution in [1.82, 2.24) is 14.4 Å². The van der Waals surface area contributed by atoms with E-state index in [-0.39, 0.29) is 37.4 Å². The molecule has 12 nitrogen and oxygen atoms in total. The molecule has 0 aliphatic carbocycles. The Morgan fingerprint density at radius 2 is 1.74 bits per heavy atom. The minimum Gasteiger partial charge on any atom is -0.477 e.